The van der Waals surface area contributed by atoms with Crippen LogP contribution in [0.2, 0.25) is 0 Å². The van der Waals surface area contributed by atoms with Crippen molar-refractivity contribution in [3.63, 3.8) is 0 Å². The van der Waals surface area contributed by atoms with Gasteiger partial charge in [0.1, 0.15) is 5.75 Å². The van der Waals surface area contributed by atoms with Gasteiger partial charge in [-0.15, -0.1) is 0 Å². The lowest BCUT2D eigenvalue weighted by Gasteiger charge is -2.19. The highest BCUT2D eigenvalue weighted by Crippen LogP contribution is 2.30. The van der Waals surface area contributed by atoms with E-state index < -0.39 is 4.92 Å². The van der Waals surface area contributed by atoms with E-state index in [1.165, 1.54) is 51.0 Å². The summed E-state index contributed by atoms with van der Waals surface area (Å²) in [7, 11) is 1.35. The third-order valence-corrected chi connectivity index (χ3v) is 4.17. The molecule has 1 saturated heterocycles. The fraction of sp³-hybridized carbons (Fsp3) is 0.588. The van der Waals surface area contributed by atoms with Crippen molar-refractivity contribution in [1.29, 1.82) is 0 Å². The van der Waals surface area contributed by atoms with Crippen LogP contribution in [0.15, 0.2) is 18.2 Å². The van der Waals surface area contributed by atoms with Crippen molar-refractivity contribution in [3.8, 4) is 11.5 Å². The van der Waals surface area contributed by atoms with E-state index in [9.17, 15) is 14.9 Å². The lowest BCUT2D eigenvalue weighted by atomic mass is 10.2. The summed E-state index contributed by atoms with van der Waals surface area (Å²) in [5, 5.41) is 13.7. The van der Waals surface area contributed by atoms with E-state index >= 15 is 0 Å². The maximum Gasteiger partial charge on any atom is 0.311 e. The maximum absolute atomic E-state index is 11.9. The molecule has 1 amide bonds. The molecule has 0 saturated carbocycles. The first kappa shape index (κ1) is 19.0. The predicted octanol–water partition coefficient (Wildman–Crippen LogP) is 1.97. The predicted molar refractivity (Wildman–Crippen MR) is 93.1 cm³/mol. The number of rotatable bonds is 8. The molecule has 1 N–H and O–H groups in total. The van der Waals surface area contributed by atoms with Crippen LogP contribution >= 0.6 is 0 Å². The molecule has 1 aromatic rings. The van der Waals surface area contributed by atoms with Crippen LogP contribution in [0.1, 0.15) is 25.7 Å². The van der Waals surface area contributed by atoms with Crippen molar-refractivity contribution >= 4 is 11.6 Å². The van der Waals surface area contributed by atoms with Crippen LogP contribution in [-0.4, -0.2) is 55.6 Å². The van der Waals surface area contributed by atoms with E-state index in [1.807, 2.05) is 0 Å². The Morgan fingerprint density at radius 2 is 2.00 bits per heavy atom. The van der Waals surface area contributed by atoms with Gasteiger partial charge in [-0.1, -0.05) is 12.8 Å². The summed E-state index contributed by atoms with van der Waals surface area (Å²) in [5.74, 6) is 0.237. The molecule has 0 spiro atoms. The number of likely N-dealkylation sites (tertiary alicyclic amines) is 1. The zero-order valence-electron chi connectivity index (χ0n) is 14.5. The van der Waals surface area contributed by atoms with E-state index in [0.717, 1.165) is 19.6 Å². The number of ether oxygens (including phenoxy) is 2. The highest BCUT2D eigenvalue weighted by atomic mass is 16.6. The van der Waals surface area contributed by atoms with Crippen LogP contribution in [0.25, 0.3) is 0 Å². The molecule has 8 nitrogen and oxygen atoms in total. The Balaban J connectivity index is 1.73. The van der Waals surface area contributed by atoms with E-state index in [0.29, 0.717) is 12.3 Å². The van der Waals surface area contributed by atoms with Crippen LogP contribution < -0.4 is 14.8 Å². The van der Waals surface area contributed by atoms with Crippen LogP contribution in [0.5, 0.6) is 11.5 Å². The number of nitro groups is 1. The summed E-state index contributed by atoms with van der Waals surface area (Å²) in [4.78, 5) is 24.5. The number of carbonyl (C=O) groups excluding carboxylic acids is 1. The molecule has 1 aliphatic heterocycles. The minimum atomic E-state index is -0.530. The number of hydrogen-bond donors (Lipinski definition) is 1. The Kier molecular flexibility index (Phi) is 7.46. The first-order valence-electron chi connectivity index (χ1n) is 8.54. The molecular weight excluding hydrogens is 326 g/mol. The van der Waals surface area contributed by atoms with Gasteiger partial charge in [-0.05, 0) is 32.0 Å². The zero-order valence-corrected chi connectivity index (χ0v) is 14.5. The van der Waals surface area contributed by atoms with Crippen LogP contribution in [0.4, 0.5) is 5.69 Å². The van der Waals surface area contributed by atoms with Gasteiger partial charge in [0, 0.05) is 25.2 Å². The summed E-state index contributed by atoms with van der Waals surface area (Å²) in [6.07, 6.45) is 5.02. The van der Waals surface area contributed by atoms with Crippen molar-refractivity contribution < 1.29 is 19.2 Å². The summed E-state index contributed by atoms with van der Waals surface area (Å²) in [5.41, 5.74) is -0.142. The van der Waals surface area contributed by atoms with Gasteiger partial charge in [0.05, 0.1) is 12.0 Å². The van der Waals surface area contributed by atoms with Gasteiger partial charge in [0.2, 0.25) is 5.75 Å². The third kappa shape index (κ3) is 6.22. The zero-order chi connectivity index (χ0) is 18.1. The molecule has 25 heavy (non-hydrogen) atoms. The van der Waals surface area contributed by atoms with Gasteiger partial charge >= 0.3 is 5.69 Å². The normalized spacial score (nSPS) is 15.2. The van der Waals surface area contributed by atoms with Crippen molar-refractivity contribution in [2.45, 2.75) is 25.7 Å². The van der Waals surface area contributed by atoms with Crippen LogP contribution in [-0.2, 0) is 4.79 Å². The summed E-state index contributed by atoms with van der Waals surface area (Å²) in [6.45, 7) is 3.48. The number of carbonyl (C=O) groups is 1. The molecule has 138 valence electrons. The Hall–Kier alpha value is -2.35. The van der Waals surface area contributed by atoms with Crippen molar-refractivity contribution in [1.82, 2.24) is 10.2 Å². The molecule has 0 bridgehead atoms. The van der Waals surface area contributed by atoms with Gasteiger partial charge in [0.15, 0.2) is 6.61 Å². The molecule has 1 heterocycles. The topological polar surface area (TPSA) is 93.9 Å². The Bertz CT molecular complexity index is 586. The quantitative estimate of drug-likeness (QED) is 0.568. The monoisotopic (exact) mass is 351 g/mol. The number of hydrogen-bond acceptors (Lipinski definition) is 6. The van der Waals surface area contributed by atoms with Gasteiger partial charge in [-0.3, -0.25) is 14.9 Å². The number of benzene rings is 1. The second-order valence-electron chi connectivity index (χ2n) is 5.99. The SMILES string of the molecule is COc1cc(OCC(=O)NCCN2CCCCCC2)ccc1[N+](=O)[O-]. The molecule has 1 aromatic carbocycles. The van der Waals surface area contributed by atoms with Gasteiger partial charge < -0.3 is 19.7 Å². The lowest BCUT2D eigenvalue weighted by molar-refractivity contribution is -0.385. The molecule has 8 heteroatoms. The molecule has 2 rings (SSSR count). The maximum atomic E-state index is 11.9. The standard InChI is InChI=1S/C17H25N3O5/c1-24-16-12-14(6-7-15(16)20(22)23)25-13-17(21)18-8-11-19-9-4-2-3-5-10-19/h6-7,12H,2-5,8-11,13H2,1H3,(H,18,21). The molecule has 0 atom stereocenters. The van der Waals surface area contributed by atoms with Crippen molar-refractivity contribution in [2.24, 2.45) is 0 Å². The van der Waals surface area contributed by atoms with Crippen LogP contribution in [0, 0.1) is 10.1 Å². The van der Waals surface area contributed by atoms with E-state index in [2.05, 4.69) is 10.2 Å². The van der Waals surface area contributed by atoms with Gasteiger partial charge in [0.25, 0.3) is 5.91 Å². The first-order valence-corrected chi connectivity index (χ1v) is 8.54. The van der Waals surface area contributed by atoms with Crippen molar-refractivity contribution in [2.75, 3.05) is 39.9 Å². The number of methoxy groups -OCH3 is 1. The Morgan fingerprint density at radius 3 is 2.64 bits per heavy atom. The minimum absolute atomic E-state index is 0.101. The fourth-order valence-electron chi connectivity index (χ4n) is 2.81. The lowest BCUT2D eigenvalue weighted by Crippen LogP contribution is -2.37. The Labute approximate surface area is 147 Å². The second-order valence-corrected chi connectivity index (χ2v) is 5.99. The molecule has 0 unspecified atom stereocenters. The van der Waals surface area contributed by atoms with E-state index in [4.69, 9.17) is 9.47 Å². The highest BCUT2D eigenvalue weighted by Gasteiger charge is 2.15. The fourth-order valence-corrected chi connectivity index (χ4v) is 2.81. The second kappa shape index (κ2) is 9.83. The highest BCUT2D eigenvalue weighted by molar-refractivity contribution is 5.77. The van der Waals surface area contributed by atoms with Crippen LogP contribution in [0.3, 0.4) is 0 Å². The number of nitrogens with zero attached hydrogens (tertiary/aromatic N) is 2. The Morgan fingerprint density at radius 1 is 1.28 bits per heavy atom. The average molecular weight is 351 g/mol. The average Bonchev–Trinajstić information content (AvgIpc) is 2.88. The molecular formula is C17H25N3O5. The summed E-state index contributed by atoms with van der Waals surface area (Å²) >= 11 is 0. The molecule has 1 fully saturated rings. The van der Waals surface area contributed by atoms with E-state index in [-0.39, 0.29) is 24.0 Å². The smallest absolute Gasteiger partial charge is 0.311 e. The van der Waals surface area contributed by atoms with Gasteiger partial charge in [-0.25, -0.2) is 0 Å². The molecule has 0 aromatic heterocycles. The largest absolute Gasteiger partial charge is 0.490 e. The molecule has 0 radical (unpaired) electrons. The molecule has 1 aliphatic rings. The number of nitrogens with one attached hydrogen (secondary N) is 1. The number of nitro benzene ring substituents is 1. The first-order chi connectivity index (χ1) is 12.1. The summed E-state index contributed by atoms with van der Waals surface area (Å²) in [6, 6.07) is 4.15. The summed E-state index contributed by atoms with van der Waals surface area (Å²) < 4.78 is 10.3. The van der Waals surface area contributed by atoms with Crippen molar-refractivity contribution in [3.05, 3.63) is 28.3 Å². The van der Waals surface area contributed by atoms with E-state index in [1.54, 1.807) is 0 Å². The minimum Gasteiger partial charge on any atom is -0.490 e. The third-order valence-electron chi connectivity index (χ3n) is 4.17. The van der Waals surface area contributed by atoms with Gasteiger partial charge in [-0.2, -0.15) is 0 Å². The molecule has 0 aliphatic carbocycles. The number of amides is 1.